The molecular weight excluding hydrogens is 178 g/mol. The molecule has 0 aliphatic rings. The number of nitrogens with zero attached hydrogens (tertiary/aromatic N) is 2. The molecule has 0 radical (unpaired) electrons. The van der Waals surface area contributed by atoms with E-state index in [0.29, 0.717) is 6.42 Å². The molecule has 1 N–H and O–H groups in total. The van der Waals surface area contributed by atoms with Crippen LogP contribution in [0, 0.1) is 0 Å². The molecule has 1 rings (SSSR count). The van der Waals surface area contributed by atoms with Gasteiger partial charge in [-0.05, 0) is 6.07 Å². The molecule has 76 valence electrons. The first-order valence-corrected chi connectivity index (χ1v) is 4.56. The van der Waals surface area contributed by atoms with Crippen molar-refractivity contribution in [3.05, 3.63) is 18.5 Å². The Kier molecular flexibility index (Phi) is 3.45. The molecule has 14 heavy (non-hydrogen) atoms. The van der Waals surface area contributed by atoms with Crippen LogP contribution in [-0.2, 0) is 4.79 Å². The standard InChI is InChI=1S/C10H15N3O/c1-4-10(14)12-8-7-11-6-5-9(8)13(2)3/h5-7H,4H2,1-3H3,(H,12,14). The van der Waals surface area contributed by atoms with Crippen molar-refractivity contribution in [2.75, 3.05) is 24.3 Å². The van der Waals surface area contributed by atoms with Crippen LogP contribution in [0.15, 0.2) is 18.5 Å². The number of carbonyl (C=O) groups excluding carboxylic acids is 1. The summed E-state index contributed by atoms with van der Waals surface area (Å²) in [6, 6.07) is 1.87. The van der Waals surface area contributed by atoms with Crippen LogP contribution in [0.4, 0.5) is 11.4 Å². The van der Waals surface area contributed by atoms with Crippen molar-refractivity contribution in [3.8, 4) is 0 Å². The molecule has 1 heterocycles. The molecule has 0 saturated carbocycles. The molecule has 0 aromatic carbocycles. The third kappa shape index (κ3) is 2.45. The van der Waals surface area contributed by atoms with Crippen LogP contribution >= 0.6 is 0 Å². The zero-order valence-electron chi connectivity index (χ0n) is 8.74. The Balaban J connectivity index is 2.90. The number of aromatic nitrogens is 1. The van der Waals surface area contributed by atoms with E-state index < -0.39 is 0 Å². The van der Waals surface area contributed by atoms with Crippen molar-refractivity contribution in [1.29, 1.82) is 0 Å². The molecule has 4 nitrogen and oxygen atoms in total. The fourth-order valence-electron chi connectivity index (χ4n) is 1.11. The summed E-state index contributed by atoms with van der Waals surface area (Å²) >= 11 is 0. The van der Waals surface area contributed by atoms with Gasteiger partial charge in [-0.3, -0.25) is 9.78 Å². The Morgan fingerprint density at radius 2 is 2.29 bits per heavy atom. The third-order valence-electron chi connectivity index (χ3n) is 1.88. The maximum Gasteiger partial charge on any atom is 0.224 e. The normalized spacial score (nSPS) is 9.64. The van der Waals surface area contributed by atoms with Gasteiger partial charge in [0.1, 0.15) is 0 Å². The fraction of sp³-hybridized carbons (Fsp3) is 0.400. The minimum atomic E-state index is 0.00102. The summed E-state index contributed by atoms with van der Waals surface area (Å²) in [5, 5.41) is 2.80. The van der Waals surface area contributed by atoms with Crippen molar-refractivity contribution in [1.82, 2.24) is 4.98 Å². The monoisotopic (exact) mass is 193 g/mol. The van der Waals surface area contributed by atoms with Crippen LogP contribution in [0.5, 0.6) is 0 Å². The second kappa shape index (κ2) is 4.60. The second-order valence-electron chi connectivity index (χ2n) is 3.19. The summed E-state index contributed by atoms with van der Waals surface area (Å²) < 4.78 is 0. The fourth-order valence-corrected chi connectivity index (χ4v) is 1.11. The van der Waals surface area contributed by atoms with Crippen LogP contribution in [-0.4, -0.2) is 25.0 Å². The zero-order valence-corrected chi connectivity index (χ0v) is 8.74. The highest BCUT2D eigenvalue weighted by Crippen LogP contribution is 2.21. The highest BCUT2D eigenvalue weighted by Gasteiger charge is 2.06. The van der Waals surface area contributed by atoms with Gasteiger partial charge >= 0.3 is 0 Å². The summed E-state index contributed by atoms with van der Waals surface area (Å²) in [6.45, 7) is 1.82. The lowest BCUT2D eigenvalue weighted by molar-refractivity contribution is -0.115. The van der Waals surface area contributed by atoms with Crippen LogP contribution in [0.25, 0.3) is 0 Å². The Labute approximate surface area is 83.9 Å². The number of rotatable bonds is 3. The molecule has 0 spiro atoms. The van der Waals surface area contributed by atoms with Crippen molar-refractivity contribution in [2.24, 2.45) is 0 Å². The summed E-state index contributed by atoms with van der Waals surface area (Å²) in [5.41, 5.74) is 1.71. The Morgan fingerprint density at radius 3 is 2.86 bits per heavy atom. The van der Waals surface area contributed by atoms with Gasteiger partial charge in [-0.2, -0.15) is 0 Å². The Hall–Kier alpha value is -1.58. The lowest BCUT2D eigenvalue weighted by atomic mass is 10.3. The summed E-state index contributed by atoms with van der Waals surface area (Å²) in [6.07, 6.45) is 3.83. The van der Waals surface area contributed by atoms with Gasteiger partial charge in [-0.15, -0.1) is 0 Å². The molecule has 0 atom stereocenters. The zero-order chi connectivity index (χ0) is 10.6. The van der Waals surface area contributed by atoms with Crippen molar-refractivity contribution in [3.63, 3.8) is 0 Å². The molecule has 0 saturated heterocycles. The predicted octanol–water partition coefficient (Wildman–Crippen LogP) is 1.50. The maximum absolute atomic E-state index is 11.2. The molecular formula is C10H15N3O. The summed E-state index contributed by atoms with van der Waals surface area (Å²) in [4.78, 5) is 17.1. The highest BCUT2D eigenvalue weighted by molar-refractivity contribution is 5.93. The minimum absolute atomic E-state index is 0.00102. The van der Waals surface area contributed by atoms with E-state index in [4.69, 9.17) is 0 Å². The molecule has 0 bridgehead atoms. The third-order valence-corrected chi connectivity index (χ3v) is 1.88. The van der Waals surface area contributed by atoms with Crippen molar-refractivity contribution < 1.29 is 4.79 Å². The van der Waals surface area contributed by atoms with Crippen LogP contribution in [0.2, 0.25) is 0 Å². The number of amides is 1. The molecule has 0 aliphatic carbocycles. The van der Waals surface area contributed by atoms with E-state index in [1.807, 2.05) is 32.0 Å². The average molecular weight is 193 g/mol. The van der Waals surface area contributed by atoms with Gasteiger partial charge in [0, 0.05) is 26.7 Å². The van der Waals surface area contributed by atoms with Crippen LogP contribution < -0.4 is 10.2 Å². The quantitative estimate of drug-likeness (QED) is 0.791. The topological polar surface area (TPSA) is 45.2 Å². The van der Waals surface area contributed by atoms with Gasteiger partial charge in [-0.25, -0.2) is 0 Å². The molecule has 0 unspecified atom stereocenters. The van der Waals surface area contributed by atoms with Crippen LogP contribution in [0.3, 0.4) is 0 Å². The largest absolute Gasteiger partial charge is 0.376 e. The first kappa shape index (κ1) is 10.5. The van der Waals surface area contributed by atoms with E-state index in [0.717, 1.165) is 11.4 Å². The van der Waals surface area contributed by atoms with Crippen molar-refractivity contribution in [2.45, 2.75) is 13.3 Å². The summed E-state index contributed by atoms with van der Waals surface area (Å²) in [5.74, 6) is 0.00102. The van der Waals surface area contributed by atoms with Gasteiger partial charge in [-0.1, -0.05) is 6.92 Å². The average Bonchev–Trinajstić information content (AvgIpc) is 2.18. The molecule has 4 heteroatoms. The Morgan fingerprint density at radius 1 is 1.57 bits per heavy atom. The van der Waals surface area contributed by atoms with E-state index in [1.165, 1.54) is 0 Å². The molecule has 1 aromatic rings. The van der Waals surface area contributed by atoms with Gasteiger partial charge in [0.15, 0.2) is 0 Å². The lowest BCUT2D eigenvalue weighted by Gasteiger charge is -2.16. The van der Waals surface area contributed by atoms with Gasteiger partial charge in [0.25, 0.3) is 0 Å². The van der Waals surface area contributed by atoms with E-state index in [9.17, 15) is 4.79 Å². The first-order chi connectivity index (χ1) is 6.65. The van der Waals surface area contributed by atoms with Crippen molar-refractivity contribution >= 4 is 17.3 Å². The second-order valence-corrected chi connectivity index (χ2v) is 3.19. The first-order valence-electron chi connectivity index (χ1n) is 4.56. The van der Waals surface area contributed by atoms with Gasteiger partial charge in [0.2, 0.25) is 5.91 Å². The molecule has 0 aliphatic heterocycles. The van der Waals surface area contributed by atoms with E-state index in [-0.39, 0.29) is 5.91 Å². The number of carbonyl (C=O) groups is 1. The summed E-state index contributed by atoms with van der Waals surface area (Å²) in [7, 11) is 3.86. The lowest BCUT2D eigenvalue weighted by Crippen LogP contribution is -2.15. The molecule has 0 fully saturated rings. The number of hydrogen-bond donors (Lipinski definition) is 1. The number of hydrogen-bond acceptors (Lipinski definition) is 3. The SMILES string of the molecule is CCC(=O)Nc1cnccc1N(C)C. The minimum Gasteiger partial charge on any atom is -0.376 e. The van der Waals surface area contributed by atoms with Gasteiger partial charge < -0.3 is 10.2 Å². The molecule has 1 aromatic heterocycles. The van der Waals surface area contributed by atoms with E-state index >= 15 is 0 Å². The Bertz CT molecular complexity index is 323. The number of pyridine rings is 1. The smallest absolute Gasteiger partial charge is 0.224 e. The van der Waals surface area contributed by atoms with E-state index in [1.54, 1.807) is 12.4 Å². The predicted molar refractivity (Wildman–Crippen MR) is 57.5 cm³/mol. The van der Waals surface area contributed by atoms with Crippen LogP contribution in [0.1, 0.15) is 13.3 Å². The number of anilines is 2. The maximum atomic E-state index is 11.2. The number of nitrogens with one attached hydrogen (secondary N) is 1. The van der Waals surface area contributed by atoms with Gasteiger partial charge in [0.05, 0.1) is 17.6 Å². The highest BCUT2D eigenvalue weighted by atomic mass is 16.1. The van der Waals surface area contributed by atoms with E-state index in [2.05, 4.69) is 10.3 Å². The molecule has 1 amide bonds.